The fraction of sp³-hybridized carbons (Fsp3) is 0.556. The average molecular weight is 199 g/mol. The molecule has 0 radical (unpaired) electrons. The van der Waals surface area contributed by atoms with E-state index < -0.39 is 0 Å². The summed E-state index contributed by atoms with van der Waals surface area (Å²) in [4.78, 5) is 15.0. The van der Waals surface area contributed by atoms with Crippen LogP contribution in [0.4, 0.5) is 0 Å². The monoisotopic (exact) mass is 199 g/mol. The first-order valence-corrected chi connectivity index (χ1v) is 5.17. The summed E-state index contributed by atoms with van der Waals surface area (Å²) in [6.45, 7) is 4.19. The first-order chi connectivity index (χ1) is 6.22. The number of thiazole rings is 1. The molecule has 0 saturated heterocycles. The van der Waals surface area contributed by atoms with Crippen LogP contribution < -0.4 is 0 Å². The first-order valence-electron chi connectivity index (χ1n) is 4.29. The number of ether oxygens (including phenoxy) is 1. The summed E-state index contributed by atoms with van der Waals surface area (Å²) >= 11 is 1.61. The topological polar surface area (TPSA) is 39.2 Å². The maximum atomic E-state index is 10.8. The van der Waals surface area contributed by atoms with Crippen molar-refractivity contribution in [3.05, 3.63) is 16.1 Å². The van der Waals surface area contributed by atoms with Crippen LogP contribution in [0.1, 0.15) is 24.0 Å². The van der Waals surface area contributed by atoms with Crippen LogP contribution in [0, 0.1) is 6.92 Å². The standard InChI is InChI=1S/C9H13NO2S/c1-3-9(11)12-5-4-8-10-7(2)6-13-8/h6H,3-5H2,1-2H3. The van der Waals surface area contributed by atoms with Gasteiger partial charge in [-0.25, -0.2) is 4.98 Å². The molecule has 0 aliphatic heterocycles. The molecular weight excluding hydrogens is 186 g/mol. The van der Waals surface area contributed by atoms with Gasteiger partial charge in [0.2, 0.25) is 0 Å². The lowest BCUT2D eigenvalue weighted by Gasteiger charge is -1.99. The number of carbonyl (C=O) groups excluding carboxylic acids is 1. The Morgan fingerprint density at radius 1 is 1.69 bits per heavy atom. The van der Waals surface area contributed by atoms with Gasteiger partial charge in [0, 0.05) is 23.9 Å². The van der Waals surface area contributed by atoms with Gasteiger partial charge in [0.1, 0.15) is 0 Å². The Labute approximate surface area is 81.8 Å². The highest BCUT2D eigenvalue weighted by molar-refractivity contribution is 7.09. The summed E-state index contributed by atoms with van der Waals surface area (Å²) in [5.74, 6) is -0.145. The lowest BCUT2D eigenvalue weighted by atomic mass is 10.4. The molecule has 1 aromatic rings. The predicted molar refractivity (Wildman–Crippen MR) is 51.8 cm³/mol. The zero-order valence-corrected chi connectivity index (χ0v) is 8.69. The third-order valence-corrected chi connectivity index (χ3v) is 2.56. The van der Waals surface area contributed by atoms with Crippen LogP contribution in [0.15, 0.2) is 5.38 Å². The van der Waals surface area contributed by atoms with E-state index in [1.54, 1.807) is 18.3 Å². The maximum Gasteiger partial charge on any atom is 0.305 e. The zero-order valence-electron chi connectivity index (χ0n) is 7.87. The maximum absolute atomic E-state index is 10.8. The minimum Gasteiger partial charge on any atom is -0.465 e. The van der Waals surface area contributed by atoms with Gasteiger partial charge in [-0.1, -0.05) is 6.92 Å². The molecule has 0 unspecified atom stereocenters. The normalized spacial score (nSPS) is 10.0. The molecule has 0 aliphatic rings. The van der Waals surface area contributed by atoms with Crippen LogP contribution in [0.5, 0.6) is 0 Å². The number of hydrogen-bond donors (Lipinski definition) is 0. The van der Waals surface area contributed by atoms with Gasteiger partial charge < -0.3 is 4.74 Å². The average Bonchev–Trinajstić information content (AvgIpc) is 2.51. The third kappa shape index (κ3) is 3.55. The molecule has 4 heteroatoms. The van der Waals surface area contributed by atoms with Crippen LogP contribution in [0.3, 0.4) is 0 Å². The highest BCUT2D eigenvalue weighted by Gasteiger charge is 2.01. The van der Waals surface area contributed by atoms with Gasteiger partial charge in [-0.3, -0.25) is 4.79 Å². The minimum atomic E-state index is -0.145. The van der Waals surface area contributed by atoms with Crippen molar-refractivity contribution in [2.75, 3.05) is 6.61 Å². The summed E-state index contributed by atoms with van der Waals surface area (Å²) in [5.41, 5.74) is 1.03. The molecule has 0 bridgehead atoms. The molecule has 0 aromatic carbocycles. The lowest BCUT2D eigenvalue weighted by Crippen LogP contribution is -2.05. The Balaban J connectivity index is 2.24. The molecule has 1 rings (SSSR count). The largest absolute Gasteiger partial charge is 0.465 e. The van der Waals surface area contributed by atoms with Gasteiger partial charge in [0.05, 0.1) is 11.6 Å². The fourth-order valence-corrected chi connectivity index (χ4v) is 1.63. The van der Waals surface area contributed by atoms with Gasteiger partial charge >= 0.3 is 5.97 Å². The van der Waals surface area contributed by atoms with Crippen molar-refractivity contribution in [3.8, 4) is 0 Å². The van der Waals surface area contributed by atoms with Crippen molar-refractivity contribution in [1.82, 2.24) is 4.98 Å². The van der Waals surface area contributed by atoms with Crippen LogP contribution in [-0.4, -0.2) is 17.6 Å². The molecule has 0 saturated carbocycles. The predicted octanol–water partition coefficient (Wildman–Crippen LogP) is 1.95. The van der Waals surface area contributed by atoms with Gasteiger partial charge in [0.25, 0.3) is 0 Å². The number of hydrogen-bond acceptors (Lipinski definition) is 4. The smallest absolute Gasteiger partial charge is 0.305 e. The van der Waals surface area contributed by atoms with Crippen LogP contribution in [-0.2, 0) is 16.0 Å². The SMILES string of the molecule is CCC(=O)OCCc1nc(C)cs1. The molecular formula is C9H13NO2S. The van der Waals surface area contributed by atoms with Gasteiger partial charge in [-0.15, -0.1) is 11.3 Å². The summed E-state index contributed by atoms with van der Waals surface area (Å²) < 4.78 is 4.93. The van der Waals surface area contributed by atoms with E-state index in [-0.39, 0.29) is 5.97 Å². The fourth-order valence-electron chi connectivity index (χ4n) is 0.872. The van der Waals surface area contributed by atoms with E-state index in [1.165, 1.54) is 0 Å². The van der Waals surface area contributed by atoms with E-state index in [1.807, 2.05) is 12.3 Å². The molecule has 72 valence electrons. The highest BCUT2D eigenvalue weighted by atomic mass is 32.1. The van der Waals surface area contributed by atoms with Crippen molar-refractivity contribution < 1.29 is 9.53 Å². The number of aromatic nitrogens is 1. The Bertz CT molecular complexity index is 283. The second kappa shape index (κ2) is 4.97. The van der Waals surface area contributed by atoms with Crippen molar-refractivity contribution in [1.29, 1.82) is 0 Å². The van der Waals surface area contributed by atoms with E-state index >= 15 is 0 Å². The molecule has 3 nitrogen and oxygen atoms in total. The molecule has 1 aromatic heterocycles. The highest BCUT2D eigenvalue weighted by Crippen LogP contribution is 2.09. The third-order valence-electron chi connectivity index (χ3n) is 1.53. The van der Waals surface area contributed by atoms with Gasteiger partial charge in [0.15, 0.2) is 0 Å². The second-order valence-electron chi connectivity index (χ2n) is 2.71. The molecule has 1 heterocycles. The van der Waals surface area contributed by atoms with Crippen molar-refractivity contribution in [2.45, 2.75) is 26.7 Å². The number of esters is 1. The van der Waals surface area contributed by atoms with E-state index in [4.69, 9.17) is 4.74 Å². The Morgan fingerprint density at radius 3 is 3.00 bits per heavy atom. The Kier molecular flexibility index (Phi) is 3.89. The lowest BCUT2D eigenvalue weighted by molar-refractivity contribution is -0.143. The van der Waals surface area contributed by atoms with E-state index in [0.717, 1.165) is 17.1 Å². The van der Waals surface area contributed by atoms with Crippen LogP contribution >= 0.6 is 11.3 Å². The van der Waals surface area contributed by atoms with E-state index in [0.29, 0.717) is 13.0 Å². The van der Waals surface area contributed by atoms with Crippen molar-refractivity contribution in [3.63, 3.8) is 0 Å². The number of nitrogens with zero attached hydrogens (tertiary/aromatic N) is 1. The zero-order chi connectivity index (χ0) is 9.68. The Hall–Kier alpha value is -0.900. The summed E-state index contributed by atoms with van der Waals surface area (Å²) in [7, 11) is 0. The van der Waals surface area contributed by atoms with Crippen molar-refractivity contribution in [2.24, 2.45) is 0 Å². The molecule has 0 atom stereocenters. The first kappa shape index (κ1) is 10.2. The van der Waals surface area contributed by atoms with Gasteiger partial charge in [-0.05, 0) is 6.92 Å². The van der Waals surface area contributed by atoms with Crippen LogP contribution in [0.25, 0.3) is 0 Å². The number of rotatable bonds is 4. The molecule has 0 N–H and O–H groups in total. The quantitative estimate of drug-likeness (QED) is 0.696. The molecule has 0 amide bonds. The number of aryl methyl sites for hydroxylation is 1. The van der Waals surface area contributed by atoms with E-state index in [9.17, 15) is 4.79 Å². The summed E-state index contributed by atoms with van der Waals surface area (Å²) in [5, 5.41) is 3.03. The van der Waals surface area contributed by atoms with Crippen LogP contribution in [0.2, 0.25) is 0 Å². The number of carbonyl (C=O) groups is 1. The van der Waals surface area contributed by atoms with Crippen molar-refractivity contribution >= 4 is 17.3 Å². The van der Waals surface area contributed by atoms with E-state index in [2.05, 4.69) is 4.98 Å². The summed E-state index contributed by atoms with van der Waals surface area (Å²) in [6, 6.07) is 0. The second-order valence-corrected chi connectivity index (χ2v) is 3.65. The Morgan fingerprint density at radius 2 is 2.46 bits per heavy atom. The minimum absolute atomic E-state index is 0.145. The van der Waals surface area contributed by atoms with Gasteiger partial charge in [-0.2, -0.15) is 0 Å². The molecule has 0 spiro atoms. The molecule has 13 heavy (non-hydrogen) atoms. The summed E-state index contributed by atoms with van der Waals surface area (Å²) in [6.07, 6.45) is 1.17. The molecule has 0 aliphatic carbocycles. The molecule has 0 fully saturated rings.